The minimum Gasteiger partial charge on any atom is -0.372 e. The Hall–Kier alpha value is -2.35. The normalized spacial score (nSPS) is 19.0. The minimum atomic E-state index is -0.181. The monoisotopic (exact) mass is 457 g/mol. The Kier molecular flexibility index (Phi) is 6.36. The van der Waals surface area contributed by atoms with Gasteiger partial charge in [-0.15, -0.1) is 0 Å². The zero-order valence-electron chi connectivity index (χ0n) is 17.7. The second kappa shape index (κ2) is 9.02. The number of benzene rings is 2. The second-order valence-electron chi connectivity index (χ2n) is 7.78. The number of ether oxygens (including phenoxy) is 1. The predicted octanol–water partition coefficient (Wildman–Crippen LogP) is 4.08. The smallest absolute Gasteiger partial charge is 0.266 e. The highest BCUT2D eigenvalue weighted by atomic mass is 35.5. The van der Waals surface area contributed by atoms with Crippen LogP contribution in [0.4, 0.5) is 0 Å². The maximum Gasteiger partial charge on any atom is 0.266 e. The molecule has 162 valence electrons. The zero-order valence-corrected chi connectivity index (χ0v) is 19.2. The lowest BCUT2D eigenvalue weighted by atomic mass is 10.2. The largest absolute Gasteiger partial charge is 0.372 e. The maximum absolute atomic E-state index is 13.4. The molecule has 1 aromatic heterocycles. The molecule has 31 heavy (non-hydrogen) atoms. The third kappa shape index (κ3) is 4.49. The second-order valence-corrected chi connectivity index (χ2v) is 9.13. The van der Waals surface area contributed by atoms with Gasteiger partial charge in [0, 0.05) is 18.1 Å². The van der Waals surface area contributed by atoms with Gasteiger partial charge in [-0.25, -0.2) is 4.98 Å². The van der Waals surface area contributed by atoms with Gasteiger partial charge in [0.25, 0.3) is 5.56 Å². The number of halogens is 1. The number of carbonyl (C=O) groups is 1. The Bertz CT molecular complexity index is 1190. The molecule has 0 N–H and O–H groups in total. The zero-order chi connectivity index (χ0) is 22.1. The molecule has 6 nitrogen and oxygen atoms in total. The molecular formula is C23H24ClN3O3S. The molecule has 0 aliphatic carbocycles. The average Bonchev–Trinajstić information content (AvgIpc) is 2.74. The van der Waals surface area contributed by atoms with Gasteiger partial charge in [-0.1, -0.05) is 41.6 Å². The summed E-state index contributed by atoms with van der Waals surface area (Å²) in [6.07, 6.45) is 0.00701. The van der Waals surface area contributed by atoms with Crippen molar-refractivity contribution >= 4 is 40.2 Å². The summed E-state index contributed by atoms with van der Waals surface area (Å²) < 4.78 is 7.29. The van der Waals surface area contributed by atoms with Crippen molar-refractivity contribution in [3.8, 4) is 5.69 Å². The van der Waals surface area contributed by atoms with Crippen molar-refractivity contribution in [2.75, 3.05) is 18.8 Å². The fourth-order valence-electron chi connectivity index (χ4n) is 3.86. The van der Waals surface area contributed by atoms with E-state index in [4.69, 9.17) is 21.3 Å². The Balaban J connectivity index is 1.72. The first kappa shape index (κ1) is 21.9. The summed E-state index contributed by atoms with van der Waals surface area (Å²) in [6.45, 7) is 6.93. The molecule has 1 aliphatic heterocycles. The molecule has 0 spiro atoms. The standard InChI is InChI=1S/C23H24ClN3O3S/c1-14-11-26(12-15(2)30-14)21(28)13-31-23-25-19-9-5-4-7-17(19)22(29)27(23)20-10-6-8-18(24)16(20)3/h4-10,14-15H,11-13H2,1-3H3. The van der Waals surface area contributed by atoms with Gasteiger partial charge in [-0.05, 0) is 50.6 Å². The third-order valence-electron chi connectivity index (χ3n) is 5.32. The van der Waals surface area contributed by atoms with Crippen molar-refractivity contribution in [1.82, 2.24) is 14.5 Å². The van der Waals surface area contributed by atoms with Gasteiger partial charge in [-0.2, -0.15) is 0 Å². The molecule has 4 rings (SSSR count). The Morgan fingerprint density at radius 3 is 2.61 bits per heavy atom. The average molecular weight is 458 g/mol. The molecule has 2 heterocycles. The van der Waals surface area contributed by atoms with E-state index in [9.17, 15) is 9.59 Å². The van der Waals surface area contributed by atoms with E-state index in [-0.39, 0.29) is 29.4 Å². The molecule has 1 fully saturated rings. The number of carbonyl (C=O) groups excluding carboxylic acids is 1. The number of thioether (sulfide) groups is 1. The summed E-state index contributed by atoms with van der Waals surface area (Å²) in [6, 6.07) is 12.7. The number of fused-ring (bicyclic) bond motifs is 1. The maximum atomic E-state index is 13.4. The summed E-state index contributed by atoms with van der Waals surface area (Å²) in [5.41, 5.74) is 1.87. The van der Waals surface area contributed by atoms with Gasteiger partial charge in [0.05, 0.1) is 34.6 Å². The SMILES string of the molecule is Cc1c(Cl)cccc1-n1c(SCC(=O)N2CC(C)OC(C)C2)nc2ccccc2c1=O. The Morgan fingerprint density at radius 1 is 1.16 bits per heavy atom. The molecule has 2 aromatic carbocycles. The highest BCUT2D eigenvalue weighted by Crippen LogP contribution is 2.27. The van der Waals surface area contributed by atoms with Crippen molar-refractivity contribution in [2.45, 2.75) is 38.1 Å². The first-order valence-electron chi connectivity index (χ1n) is 10.2. The molecule has 8 heteroatoms. The molecule has 0 radical (unpaired) electrons. The number of nitrogens with zero attached hydrogens (tertiary/aromatic N) is 3. The molecule has 0 saturated carbocycles. The number of rotatable bonds is 4. The van der Waals surface area contributed by atoms with E-state index in [0.29, 0.717) is 39.9 Å². The molecule has 1 saturated heterocycles. The van der Waals surface area contributed by atoms with E-state index in [2.05, 4.69) is 0 Å². The summed E-state index contributed by atoms with van der Waals surface area (Å²) >= 11 is 7.59. The van der Waals surface area contributed by atoms with Crippen molar-refractivity contribution in [3.05, 3.63) is 63.4 Å². The molecule has 3 aromatic rings. The lowest BCUT2D eigenvalue weighted by molar-refractivity contribution is -0.140. The van der Waals surface area contributed by atoms with Gasteiger partial charge < -0.3 is 9.64 Å². The number of hydrogen-bond donors (Lipinski definition) is 0. The number of para-hydroxylation sites is 1. The van der Waals surface area contributed by atoms with Crippen LogP contribution in [0.3, 0.4) is 0 Å². The molecule has 2 unspecified atom stereocenters. The van der Waals surface area contributed by atoms with Crippen molar-refractivity contribution < 1.29 is 9.53 Å². The van der Waals surface area contributed by atoms with Crippen LogP contribution in [0.15, 0.2) is 52.4 Å². The van der Waals surface area contributed by atoms with Crippen LogP contribution >= 0.6 is 23.4 Å². The van der Waals surface area contributed by atoms with Crippen LogP contribution in [0.2, 0.25) is 5.02 Å². The molecule has 2 atom stereocenters. The first-order chi connectivity index (χ1) is 14.8. The quantitative estimate of drug-likeness (QED) is 0.436. The topological polar surface area (TPSA) is 64.4 Å². The summed E-state index contributed by atoms with van der Waals surface area (Å²) in [5.74, 6) is 0.188. The van der Waals surface area contributed by atoms with Gasteiger partial charge in [0.2, 0.25) is 5.91 Å². The van der Waals surface area contributed by atoms with Crippen LogP contribution < -0.4 is 5.56 Å². The van der Waals surface area contributed by atoms with Crippen LogP contribution in [-0.4, -0.2) is 51.4 Å². The van der Waals surface area contributed by atoms with E-state index in [1.165, 1.54) is 11.8 Å². The van der Waals surface area contributed by atoms with Crippen molar-refractivity contribution in [1.29, 1.82) is 0 Å². The Labute approximate surface area is 190 Å². The molecular weight excluding hydrogens is 434 g/mol. The van der Waals surface area contributed by atoms with Gasteiger partial charge in [0.15, 0.2) is 5.16 Å². The van der Waals surface area contributed by atoms with Gasteiger partial charge in [-0.3, -0.25) is 14.2 Å². The summed E-state index contributed by atoms with van der Waals surface area (Å²) in [4.78, 5) is 32.8. The summed E-state index contributed by atoms with van der Waals surface area (Å²) in [5, 5.41) is 1.56. The third-order valence-corrected chi connectivity index (χ3v) is 6.65. The van der Waals surface area contributed by atoms with Crippen molar-refractivity contribution in [3.63, 3.8) is 0 Å². The predicted molar refractivity (Wildman–Crippen MR) is 124 cm³/mol. The van der Waals surface area contributed by atoms with Crippen LogP contribution in [0.25, 0.3) is 16.6 Å². The van der Waals surface area contributed by atoms with Crippen LogP contribution in [0, 0.1) is 6.92 Å². The molecule has 0 bridgehead atoms. The van der Waals surface area contributed by atoms with E-state index in [1.807, 2.05) is 56.0 Å². The van der Waals surface area contributed by atoms with Crippen LogP contribution in [0.5, 0.6) is 0 Å². The van der Waals surface area contributed by atoms with E-state index >= 15 is 0 Å². The highest BCUT2D eigenvalue weighted by Gasteiger charge is 2.26. The number of hydrogen-bond acceptors (Lipinski definition) is 5. The first-order valence-corrected chi connectivity index (χ1v) is 11.5. The van der Waals surface area contributed by atoms with E-state index < -0.39 is 0 Å². The van der Waals surface area contributed by atoms with Gasteiger partial charge in [0.1, 0.15) is 0 Å². The van der Waals surface area contributed by atoms with E-state index in [1.54, 1.807) is 16.7 Å². The number of morpholine rings is 1. The minimum absolute atomic E-state index is 0.00349. The fraction of sp³-hybridized carbons (Fsp3) is 0.348. The lowest BCUT2D eigenvalue weighted by Gasteiger charge is -2.35. The Morgan fingerprint density at radius 2 is 1.87 bits per heavy atom. The van der Waals surface area contributed by atoms with Crippen LogP contribution in [-0.2, 0) is 9.53 Å². The van der Waals surface area contributed by atoms with Crippen molar-refractivity contribution in [2.24, 2.45) is 0 Å². The molecule has 1 amide bonds. The lowest BCUT2D eigenvalue weighted by Crippen LogP contribution is -2.48. The van der Waals surface area contributed by atoms with Gasteiger partial charge >= 0.3 is 0 Å². The fourth-order valence-corrected chi connectivity index (χ4v) is 4.94. The van der Waals surface area contributed by atoms with Crippen LogP contribution in [0.1, 0.15) is 19.4 Å². The number of aromatic nitrogens is 2. The highest BCUT2D eigenvalue weighted by molar-refractivity contribution is 7.99. The summed E-state index contributed by atoms with van der Waals surface area (Å²) in [7, 11) is 0. The number of amides is 1. The van der Waals surface area contributed by atoms with E-state index in [0.717, 1.165) is 5.56 Å². The molecule has 1 aliphatic rings.